The van der Waals surface area contributed by atoms with Crippen LogP contribution in [0, 0.1) is 27.7 Å². The molecule has 0 aromatic heterocycles. The van der Waals surface area contributed by atoms with E-state index in [1.165, 1.54) is 5.56 Å². The summed E-state index contributed by atoms with van der Waals surface area (Å²) in [4.78, 5) is 10.9. The van der Waals surface area contributed by atoms with Crippen molar-refractivity contribution in [1.82, 2.24) is 0 Å². The quantitative estimate of drug-likeness (QED) is 0.175. The minimum absolute atomic E-state index is 0.315. The van der Waals surface area contributed by atoms with E-state index in [2.05, 4.69) is 39.6 Å². The highest BCUT2D eigenvalue weighted by Crippen LogP contribution is 2.21. The Morgan fingerprint density at radius 1 is 0.684 bits per heavy atom. The minimum Gasteiger partial charge on any atom is -0.478 e. The number of carboxylic acids is 1. The Morgan fingerprint density at radius 2 is 1.16 bits per heavy atom. The second kappa shape index (κ2) is 14.1. The van der Waals surface area contributed by atoms with Crippen molar-refractivity contribution in [2.75, 3.05) is 24.1 Å². The van der Waals surface area contributed by atoms with Crippen molar-refractivity contribution in [3.8, 4) is 11.5 Å². The highest BCUT2D eigenvalue weighted by atomic mass is 79.9. The van der Waals surface area contributed by atoms with Crippen molar-refractivity contribution in [2.24, 2.45) is 0 Å². The standard InChI is InChI=1S/C16H17NO3.C15H16BrNO/c1-11-5-3-4-6-15(11)20-10-17-13-7-8-14(16(18)19)12(2)9-13;1-11-5-3-4-6-15(11)18-10-17-13-7-8-14(16)12(2)9-13/h3-9,17H,10H2,1-2H3,(H,18,19);3-9,17H,10H2,1-2H3. The van der Waals surface area contributed by atoms with Gasteiger partial charge in [0.1, 0.15) is 11.5 Å². The Kier molecular flexibility index (Phi) is 10.6. The third-order valence-corrected chi connectivity index (χ3v) is 6.70. The fourth-order valence-electron chi connectivity index (χ4n) is 3.60. The average molecular weight is 578 g/mol. The third-order valence-electron chi connectivity index (χ3n) is 5.81. The van der Waals surface area contributed by atoms with Crippen LogP contribution in [0.1, 0.15) is 32.6 Å². The molecule has 38 heavy (non-hydrogen) atoms. The van der Waals surface area contributed by atoms with Crippen LogP contribution in [-0.2, 0) is 0 Å². The van der Waals surface area contributed by atoms with Crippen molar-refractivity contribution >= 4 is 33.3 Å². The number of para-hydroxylation sites is 2. The van der Waals surface area contributed by atoms with E-state index in [1.54, 1.807) is 25.1 Å². The summed E-state index contributed by atoms with van der Waals surface area (Å²) in [7, 11) is 0. The van der Waals surface area contributed by atoms with Gasteiger partial charge in [-0.3, -0.25) is 0 Å². The first-order valence-corrected chi connectivity index (χ1v) is 13.0. The molecule has 3 N–H and O–H groups in total. The van der Waals surface area contributed by atoms with Gasteiger partial charge in [-0.05, 0) is 98.5 Å². The van der Waals surface area contributed by atoms with Gasteiger partial charge in [0.25, 0.3) is 0 Å². The molecule has 0 radical (unpaired) electrons. The number of ether oxygens (including phenoxy) is 2. The first kappa shape index (κ1) is 28.6. The molecule has 0 saturated carbocycles. The number of anilines is 2. The van der Waals surface area contributed by atoms with Gasteiger partial charge in [0.15, 0.2) is 13.5 Å². The molecule has 0 aliphatic carbocycles. The Hall–Kier alpha value is -3.97. The number of benzene rings is 4. The van der Waals surface area contributed by atoms with Crippen LogP contribution in [-0.4, -0.2) is 24.5 Å². The van der Waals surface area contributed by atoms with Crippen LogP contribution in [0.5, 0.6) is 11.5 Å². The number of rotatable bonds is 9. The predicted octanol–water partition coefficient (Wildman–Crippen LogP) is 7.96. The van der Waals surface area contributed by atoms with Crippen molar-refractivity contribution in [1.29, 1.82) is 0 Å². The smallest absolute Gasteiger partial charge is 0.335 e. The molecule has 0 aliphatic rings. The molecular formula is C31H33BrN2O4. The summed E-state index contributed by atoms with van der Waals surface area (Å²) >= 11 is 3.48. The zero-order valence-electron chi connectivity index (χ0n) is 22.0. The van der Waals surface area contributed by atoms with E-state index in [4.69, 9.17) is 14.6 Å². The molecule has 0 saturated heterocycles. The fourth-order valence-corrected chi connectivity index (χ4v) is 3.85. The second-order valence-corrected chi connectivity index (χ2v) is 9.62. The largest absolute Gasteiger partial charge is 0.478 e. The number of carboxylic acid groups (broad SMARTS) is 1. The van der Waals surface area contributed by atoms with Gasteiger partial charge < -0.3 is 25.2 Å². The molecule has 7 heteroatoms. The molecule has 0 unspecified atom stereocenters. The van der Waals surface area contributed by atoms with Crippen molar-refractivity contribution in [2.45, 2.75) is 27.7 Å². The van der Waals surface area contributed by atoms with E-state index in [1.807, 2.05) is 74.5 Å². The van der Waals surface area contributed by atoms with E-state index < -0.39 is 5.97 Å². The fraction of sp³-hybridized carbons (Fsp3) is 0.194. The summed E-state index contributed by atoms with van der Waals surface area (Å²) in [5.74, 6) is 0.836. The maximum atomic E-state index is 10.9. The second-order valence-electron chi connectivity index (χ2n) is 8.76. The molecule has 4 rings (SSSR count). The minimum atomic E-state index is -0.912. The van der Waals surface area contributed by atoms with Gasteiger partial charge in [0.05, 0.1) is 5.56 Å². The molecule has 0 atom stereocenters. The summed E-state index contributed by atoms with van der Waals surface area (Å²) in [6.07, 6.45) is 0. The molecule has 0 heterocycles. The number of nitrogens with one attached hydrogen (secondary N) is 2. The van der Waals surface area contributed by atoms with Gasteiger partial charge in [-0.2, -0.15) is 0 Å². The predicted molar refractivity (Wildman–Crippen MR) is 158 cm³/mol. The van der Waals surface area contributed by atoms with Crippen LogP contribution < -0.4 is 20.1 Å². The average Bonchev–Trinajstić information content (AvgIpc) is 2.89. The molecule has 0 fully saturated rings. The van der Waals surface area contributed by atoms with Gasteiger partial charge in [-0.1, -0.05) is 52.3 Å². The lowest BCUT2D eigenvalue weighted by Crippen LogP contribution is -2.10. The van der Waals surface area contributed by atoms with Crippen molar-refractivity contribution in [3.05, 3.63) is 117 Å². The summed E-state index contributed by atoms with van der Waals surface area (Å²) in [5, 5.41) is 15.3. The molecule has 0 bridgehead atoms. The van der Waals surface area contributed by atoms with Crippen molar-refractivity contribution in [3.63, 3.8) is 0 Å². The molecule has 4 aromatic rings. The number of halogens is 1. The first-order valence-electron chi connectivity index (χ1n) is 12.2. The molecule has 6 nitrogen and oxygen atoms in total. The van der Waals surface area contributed by atoms with Crippen LogP contribution in [0.25, 0.3) is 0 Å². The van der Waals surface area contributed by atoms with Crippen LogP contribution in [0.2, 0.25) is 0 Å². The molecule has 0 spiro atoms. The van der Waals surface area contributed by atoms with Gasteiger partial charge >= 0.3 is 5.97 Å². The molecule has 4 aromatic carbocycles. The molecule has 0 amide bonds. The van der Waals surface area contributed by atoms with Gasteiger partial charge in [-0.15, -0.1) is 0 Å². The summed E-state index contributed by atoms with van der Waals surface area (Å²) < 4.78 is 12.4. The number of hydrogen-bond acceptors (Lipinski definition) is 5. The summed E-state index contributed by atoms with van der Waals surface area (Å²) in [6, 6.07) is 27.1. The number of carbonyl (C=O) groups is 1. The van der Waals surface area contributed by atoms with E-state index in [-0.39, 0.29) is 0 Å². The van der Waals surface area contributed by atoms with Crippen LogP contribution >= 0.6 is 15.9 Å². The first-order chi connectivity index (χ1) is 18.2. The van der Waals surface area contributed by atoms with E-state index in [0.29, 0.717) is 19.0 Å². The Labute approximate surface area is 232 Å². The zero-order valence-corrected chi connectivity index (χ0v) is 23.6. The number of hydrogen-bond donors (Lipinski definition) is 3. The highest BCUT2D eigenvalue weighted by Gasteiger charge is 2.07. The topological polar surface area (TPSA) is 79.8 Å². The maximum Gasteiger partial charge on any atom is 0.335 e. The normalized spacial score (nSPS) is 10.1. The Balaban J connectivity index is 0.000000212. The van der Waals surface area contributed by atoms with Crippen molar-refractivity contribution < 1.29 is 19.4 Å². The summed E-state index contributed by atoms with van der Waals surface area (Å²) in [5.41, 5.74) is 6.35. The van der Waals surface area contributed by atoms with Gasteiger partial charge in [-0.25, -0.2) is 4.79 Å². The molecular weight excluding hydrogens is 544 g/mol. The van der Waals surface area contributed by atoms with E-state index >= 15 is 0 Å². The SMILES string of the molecule is Cc1cc(NCOc2ccccc2C)ccc1Br.Cc1ccccc1OCNc1ccc(C(=O)O)c(C)c1. The lowest BCUT2D eigenvalue weighted by Gasteiger charge is -2.12. The molecule has 0 aliphatic heterocycles. The lowest BCUT2D eigenvalue weighted by atomic mass is 10.1. The maximum absolute atomic E-state index is 10.9. The van der Waals surface area contributed by atoms with Crippen LogP contribution in [0.3, 0.4) is 0 Å². The highest BCUT2D eigenvalue weighted by molar-refractivity contribution is 9.10. The number of aromatic carboxylic acids is 1. The summed E-state index contributed by atoms with van der Waals surface area (Å²) in [6.45, 7) is 8.66. The third kappa shape index (κ3) is 8.56. The monoisotopic (exact) mass is 576 g/mol. The van der Waals surface area contributed by atoms with E-state index in [9.17, 15) is 4.79 Å². The Bertz CT molecular complexity index is 1370. The lowest BCUT2D eigenvalue weighted by molar-refractivity contribution is 0.0696. The molecule has 198 valence electrons. The van der Waals surface area contributed by atoms with Gasteiger partial charge in [0.2, 0.25) is 0 Å². The van der Waals surface area contributed by atoms with Crippen LogP contribution in [0.15, 0.2) is 89.4 Å². The van der Waals surface area contributed by atoms with E-state index in [0.717, 1.165) is 44.0 Å². The van der Waals surface area contributed by atoms with Gasteiger partial charge in [0, 0.05) is 15.8 Å². The van der Waals surface area contributed by atoms with Crippen LogP contribution in [0.4, 0.5) is 11.4 Å². The Morgan fingerprint density at radius 3 is 1.61 bits per heavy atom. The number of aryl methyl sites for hydroxylation is 4. The zero-order chi connectivity index (χ0) is 27.5.